The van der Waals surface area contributed by atoms with Gasteiger partial charge in [-0.15, -0.1) is 0 Å². The lowest BCUT2D eigenvalue weighted by molar-refractivity contribution is 0.111. The number of nitrogens with zero attached hydrogens (tertiary/aromatic N) is 2. The third-order valence-electron chi connectivity index (χ3n) is 2.20. The molecule has 3 nitrogen and oxygen atoms in total. The zero-order chi connectivity index (χ0) is 11.6. The average Bonchev–Trinajstić information content (AvgIpc) is 2.14. The van der Waals surface area contributed by atoms with E-state index in [1.54, 1.807) is 13.2 Å². The van der Waals surface area contributed by atoms with Crippen molar-refractivity contribution >= 4 is 11.6 Å². The van der Waals surface area contributed by atoms with Gasteiger partial charge in [0.1, 0.15) is 11.3 Å². The zero-order valence-electron chi connectivity index (χ0n) is 9.84. The molecule has 1 aromatic rings. The van der Waals surface area contributed by atoms with Gasteiger partial charge in [0.2, 0.25) is 0 Å². The van der Waals surface area contributed by atoms with E-state index in [-0.39, 0.29) is 11.5 Å². The Labute approximate surface area is 95.8 Å². The molecule has 0 saturated carbocycles. The predicted molar refractivity (Wildman–Crippen MR) is 61.2 cm³/mol. The molecule has 1 unspecified atom stereocenters. The van der Waals surface area contributed by atoms with Gasteiger partial charge >= 0.3 is 0 Å². The molecule has 0 N–H and O–H groups in total. The molecule has 0 aliphatic rings. The Hall–Kier alpha value is -0.670. The molecule has 15 heavy (non-hydrogen) atoms. The number of hydrogen-bond acceptors (Lipinski definition) is 3. The molecule has 1 heterocycles. The molecule has 0 aromatic carbocycles. The SMILES string of the molecule is COC(C)c1nc(Cl)cc(C(C)(C)C)n1. The number of ether oxygens (including phenoxy) is 1. The van der Waals surface area contributed by atoms with E-state index in [1.807, 2.05) is 6.92 Å². The van der Waals surface area contributed by atoms with Crippen LogP contribution in [-0.4, -0.2) is 17.1 Å². The number of hydrogen-bond donors (Lipinski definition) is 0. The van der Waals surface area contributed by atoms with Crippen molar-refractivity contribution in [2.75, 3.05) is 7.11 Å². The maximum Gasteiger partial charge on any atom is 0.158 e. The summed E-state index contributed by atoms with van der Waals surface area (Å²) in [5.74, 6) is 0.634. The summed E-state index contributed by atoms with van der Waals surface area (Å²) in [7, 11) is 1.63. The minimum atomic E-state index is -0.134. The van der Waals surface area contributed by atoms with E-state index in [1.165, 1.54) is 0 Å². The maximum atomic E-state index is 5.95. The highest BCUT2D eigenvalue weighted by atomic mass is 35.5. The van der Waals surface area contributed by atoms with Crippen molar-refractivity contribution < 1.29 is 4.74 Å². The summed E-state index contributed by atoms with van der Waals surface area (Å²) in [5.41, 5.74) is 0.899. The van der Waals surface area contributed by atoms with Crippen molar-refractivity contribution in [1.82, 2.24) is 9.97 Å². The van der Waals surface area contributed by atoms with Gasteiger partial charge in [0.25, 0.3) is 0 Å². The van der Waals surface area contributed by atoms with Gasteiger partial charge in [-0.1, -0.05) is 32.4 Å². The van der Waals surface area contributed by atoms with Gasteiger partial charge in [-0.3, -0.25) is 0 Å². The normalized spacial score (nSPS) is 14.0. The molecule has 0 aliphatic heterocycles. The second kappa shape index (κ2) is 4.45. The van der Waals surface area contributed by atoms with Gasteiger partial charge in [-0.2, -0.15) is 0 Å². The number of methoxy groups -OCH3 is 1. The summed E-state index contributed by atoms with van der Waals surface area (Å²) in [6, 6.07) is 1.80. The Morgan fingerprint density at radius 2 is 1.93 bits per heavy atom. The largest absolute Gasteiger partial charge is 0.374 e. The van der Waals surface area contributed by atoms with Gasteiger partial charge in [-0.05, 0) is 13.0 Å². The Bertz CT molecular complexity index is 347. The van der Waals surface area contributed by atoms with Crippen molar-refractivity contribution in [3.63, 3.8) is 0 Å². The van der Waals surface area contributed by atoms with Gasteiger partial charge < -0.3 is 4.74 Å². The molecular formula is C11H17ClN2O. The van der Waals surface area contributed by atoms with E-state index in [9.17, 15) is 0 Å². The Morgan fingerprint density at radius 1 is 1.33 bits per heavy atom. The summed E-state index contributed by atoms with van der Waals surface area (Å²) < 4.78 is 5.18. The summed E-state index contributed by atoms with van der Waals surface area (Å²) in [5, 5.41) is 0.467. The molecular weight excluding hydrogens is 212 g/mol. The van der Waals surface area contributed by atoms with Crippen LogP contribution in [0.4, 0.5) is 0 Å². The lowest BCUT2D eigenvalue weighted by Crippen LogP contribution is -2.16. The van der Waals surface area contributed by atoms with Crippen molar-refractivity contribution in [2.24, 2.45) is 0 Å². The third-order valence-corrected chi connectivity index (χ3v) is 2.39. The molecule has 1 aromatic heterocycles. The molecule has 1 rings (SSSR count). The molecule has 84 valence electrons. The van der Waals surface area contributed by atoms with Crippen LogP contribution in [0.3, 0.4) is 0 Å². The van der Waals surface area contributed by atoms with Gasteiger partial charge in [0.05, 0.1) is 5.69 Å². The fourth-order valence-corrected chi connectivity index (χ4v) is 1.30. The predicted octanol–water partition coefficient (Wildman–Crippen LogP) is 3.13. The molecule has 0 saturated heterocycles. The fraction of sp³-hybridized carbons (Fsp3) is 0.636. The highest BCUT2D eigenvalue weighted by molar-refractivity contribution is 6.29. The minimum absolute atomic E-state index is 0.0329. The summed E-state index contributed by atoms with van der Waals surface area (Å²) in [6.45, 7) is 8.17. The molecule has 0 fully saturated rings. The number of halogens is 1. The van der Waals surface area contributed by atoms with Crippen molar-refractivity contribution in [3.8, 4) is 0 Å². The molecule has 0 bridgehead atoms. The summed E-state index contributed by atoms with van der Waals surface area (Å²) in [6.07, 6.45) is -0.134. The third kappa shape index (κ3) is 3.14. The van der Waals surface area contributed by atoms with Crippen molar-refractivity contribution in [3.05, 3.63) is 22.7 Å². The van der Waals surface area contributed by atoms with E-state index in [0.717, 1.165) is 5.69 Å². The fourth-order valence-electron chi connectivity index (χ4n) is 1.11. The van der Waals surface area contributed by atoms with Gasteiger partial charge in [0, 0.05) is 12.5 Å². The van der Waals surface area contributed by atoms with E-state index < -0.39 is 0 Å². The molecule has 1 atom stereocenters. The topological polar surface area (TPSA) is 35.0 Å². The molecule has 0 amide bonds. The monoisotopic (exact) mass is 228 g/mol. The second-order valence-corrected chi connectivity index (χ2v) is 4.95. The smallest absolute Gasteiger partial charge is 0.158 e. The Kier molecular flexibility index (Phi) is 3.68. The van der Waals surface area contributed by atoms with Crippen LogP contribution in [-0.2, 0) is 10.2 Å². The molecule has 0 radical (unpaired) electrons. The van der Waals surface area contributed by atoms with Crippen LogP contribution in [0, 0.1) is 0 Å². The average molecular weight is 229 g/mol. The molecule has 0 spiro atoms. The van der Waals surface area contributed by atoms with Gasteiger partial charge in [-0.25, -0.2) is 9.97 Å². The van der Waals surface area contributed by atoms with Crippen LogP contribution in [0.15, 0.2) is 6.07 Å². The first-order chi connectivity index (χ1) is 6.84. The van der Waals surface area contributed by atoms with Crippen molar-refractivity contribution in [2.45, 2.75) is 39.2 Å². The van der Waals surface area contributed by atoms with Crippen LogP contribution in [0.5, 0.6) is 0 Å². The quantitative estimate of drug-likeness (QED) is 0.730. The van der Waals surface area contributed by atoms with Crippen LogP contribution in [0.25, 0.3) is 0 Å². The first-order valence-electron chi connectivity index (χ1n) is 4.92. The molecule has 4 heteroatoms. The first-order valence-corrected chi connectivity index (χ1v) is 5.30. The van der Waals surface area contributed by atoms with E-state index >= 15 is 0 Å². The van der Waals surface area contributed by atoms with E-state index in [2.05, 4.69) is 30.7 Å². The first kappa shape index (κ1) is 12.4. The Balaban J connectivity index is 3.17. The summed E-state index contributed by atoms with van der Waals surface area (Å²) in [4.78, 5) is 8.60. The minimum Gasteiger partial charge on any atom is -0.374 e. The zero-order valence-corrected chi connectivity index (χ0v) is 10.6. The summed E-state index contributed by atoms with van der Waals surface area (Å²) >= 11 is 5.95. The Morgan fingerprint density at radius 3 is 2.40 bits per heavy atom. The van der Waals surface area contributed by atoms with Crippen LogP contribution < -0.4 is 0 Å². The van der Waals surface area contributed by atoms with Crippen LogP contribution >= 0.6 is 11.6 Å². The van der Waals surface area contributed by atoms with Crippen LogP contribution in [0.2, 0.25) is 5.15 Å². The van der Waals surface area contributed by atoms with Crippen LogP contribution in [0.1, 0.15) is 45.3 Å². The van der Waals surface area contributed by atoms with E-state index in [4.69, 9.17) is 16.3 Å². The number of rotatable bonds is 2. The second-order valence-electron chi connectivity index (χ2n) is 4.56. The van der Waals surface area contributed by atoms with Gasteiger partial charge in [0.15, 0.2) is 5.82 Å². The number of aromatic nitrogens is 2. The lowest BCUT2D eigenvalue weighted by atomic mass is 9.92. The maximum absolute atomic E-state index is 5.95. The highest BCUT2D eigenvalue weighted by Crippen LogP contribution is 2.24. The van der Waals surface area contributed by atoms with Crippen molar-refractivity contribution in [1.29, 1.82) is 0 Å². The van der Waals surface area contributed by atoms with E-state index in [0.29, 0.717) is 11.0 Å². The highest BCUT2D eigenvalue weighted by Gasteiger charge is 2.19. The lowest BCUT2D eigenvalue weighted by Gasteiger charge is -2.19. The molecule has 0 aliphatic carbocycles. The standard InChI is InChI=1S/C11H17ClN2O/c1-7(15-5)10-13-8(11(2,3)4)6-9(12)14-10/h6-7H,1-5H3.